The highest BCUT2D eigenvalue weighted by atomic mass is 16.5. The van der Waals surface area contributed by atoms with Crippen molar-refractivity contribution in [3.63, 3.8) is 0 Å². The molecule has 4 N–H and O–H groups in total. The first-order valence-electron chi connectivity index (χ1n) is 11.5. The summed E-state index contributed by atoms with van der Waals surface area (Å²) in [4.78, 5) is 51.7. The standard InChI is InChI=1S/C25H28N4O8/c1-35-24(33)28-23(29-25(34)36-2)26-15-12-13-19(20(14-15)37-16-8-4-3-5-9-16)27-21(30)17-10-6-7-11-18(17)22(31)32/h3-5,8-9,12-14,17-18H,6-7,10-11H2,1-2H3,(H,27,30)(H,31,32)(H2,26,28,29,33,34). The number of para-hydroxylation sites is 1. The largest absolute Gasteiger partial charge is 0.481 e. The van der Waals surface area contributed by atoms with Gasteiger partial charge >= 0.3 is 18.2 Å². The number of benzene rings is 2. The molecule has 3 rings (SSSR count). The molecule has 2 unspecified atom stereocenters. The number of carbonyl (C=O) groups is 4. The minimum atomic E-state index is -0.990. The van der Waals surface area contributed by atoms with E-state index in [9.17, 15) is 24.3 Å². The van der Waals surface area contributed by atoms with Gasteiger partial charge in [-0.3, -0.25) is 14.9 Å². The number of amides is 3. The molecule has 0 saturated heterocycles. The van der Waals surface area contributed by atoms with Crippen LogP contribution in [0.15, 0.2) is 53.5 Å². The van der Waals surface area contributed by atoms with Gasteiger partial charge < -0.3 is 30.0 Å². The molecule has 12 heteroatoms. The average molecular weight is 513 g/mol. The molecule has 3 amide bonds. The van der Waals surface area contributed by atoms with Crippen LogP contribution in [-0.4, -0.2) is 49.3 Å². The number of aliphatic carboxylic acids is 1. The highest BCUT2D eigenvalue weighted by molar-refractivity contribution is 6.06. The number of carbonyl (C=O) groups excluding carboxylic acids is 3. The monoisotopic (exact) mass is 512 g/mol. The molecule has 0 radical (unpaired) electrons. The summed E-state index contributed by atoms with van der Waals surface area (Å²) in [7, 11) is 2.28. The van der Waals surface area contributed by atoms with Crippen molar-refractivity contribution >= 4 is 41.4 Å². The van der Waals surface area contributed by atoms with Crippen LogP contribution < -0.4 is 20.7 Å². The fraction of sp³-hybridized carbons (Fsp3) is 0.320. The Morgan fingerprint density at radius 2 is 1.62 bits per heavy atom. The molecule has 0 bridgehead atoms. The summed E-state index contributed by atoms with van der Waals surface area (Å²) in [5, 5.41) is 17.4. The molecule has 2 atom stereocenters. The molecule has 1 saturated carbocycles. The molecule has 2 aromatic rings. The third kappa shape index (κ3) is 7.69. The molecule has 0 heterocycles. The molecule has 1 aliphatic carbocycles. The number of nitrogens with zero attached hydrogens (tertiary/aromatic N) is 1. The smallest absolute Gasteiger partial charge is 0.436 e. The Kier molecular flexibility index (Phi) is 9.41. The van der Waals surface area contributed by atoms with Crippen LogP contribution in [0.2, 0.25) is 0 Å². The maximum Gasteiger partial charge on any atom is 0.436 e. The lowest BCUT2D eigenvalue weighted by molar-refractivity contribution is -0.147. The van der Waals surface area contributed by atoms with Crippen molar-refractivity contribution in [2.75, 3.05) is 24.9 Å². The van der Waals surface area contributed by atoms with Gasteiger partial charge in [0.15, 0.2) is 5.75 Å². The Balaban J connectivity index is 1.90. The SMILES string of the molecule is COC(=O)N=C(NC(=O)OC)Nc1ccc(NC(=O)C2CCCCC2C(=O)O)c(Oc2ccccc2)c1. The Bertz CT molecular complexity index is 1170. The zero-order valence-electron chi connectivity index (χ0n) is 20.4. The molecule has 37 heavy (non-hydrogen) atoms. The average Bonchev–Trinajstić information content (AvgIpc) is 2.90. The number of rotatable bonds is 6. The molecule has 0 spiro atoms. The topological polar surface area (TPSA) is 165 Å². The van der Waals surface area contributed by atoms with Crippen LogP contribution in [0.3, 0.4) is 0 Å². The van der Waals surface area contributed by atoms with E-state index in [0.717, 1.165) is 27.1 Å². The summed E-state index contributed by atoms with van der Waals surface area (Å²) in [5.41, 5.74) is 0.644. The van der Waals surface area contributed by atoms with Gasteiger partial charge in [0, 0.05) is 11.8 Å². The molecule has 1 aliphatic rings. The van der Waals surface area contributed by atoms with Crippen LogP contribution in [0.5, 0.6) is 11.5 Å². The van der Waals surface area contributed by atoms with E-state index in [1.807, 2.05) is 6.07 Å². The fourth-order valence-electron chi connectivity index (χ4n) is 3.88. The van der Waals surface area contributed by atoms with E-state index in [4.69, 9.17) is 4.74 Å². The number of anilines is 2. The first kappa shape index (κ1) is 27.0. The lowest BCUT2D eigenvalue weighted by Gasteiger charge is -2.27. The molecule has 1 fully saturated rings. The lowest BCUT2D eigenvalue weighted by atomic mass is 9.78. The second-order valence-corrected chi connectivity index (χ2v) is 8.12. The van der Waals surface area contributed by atoms with E-state index in [1.54, 1.807) is 36.4 Å². The summed E-state index contributed by atoms with van der Waals surface area (Å²) in [6, 6.07) is 13.4. The Morgan fingerprint density at radius 3 is 2.27 bits per heavy atom. The zero-order chi connectivity index (χ0) is 26.8. The van der Waals surface area contributed by atoms with E-state index in [0.29, 0.717) is 30.0 Å². The minimum Gasteiger partial charge on any atom is -0.481 e. The van der Waals surface area contributed by atoms with Crippen LogP contribution >= 0.6 is 0 Å². The van der Waals surface area contributed by atoms with Gasteiger partial charge in [0.1, 0.15) is 5.75 Å². The molecule has 12 nitrogen and oxygen atoms in total. The second-order valence-electron chi connectivity index (χ2n) is 8.12. The first-order valence-corrected chi connectivity index (χ1v) is 11.5. The number of aliphatic imine (C=N–C) groups is 1. The van der Waals surface area contributed by atoms with Crippen molar-refractivity contribution in [2.24, 2.45) is 16.8 Å². The van der Waals surface area contributed by atoms with Crippen molar-refractivity contribution in [3.05, 3.63) is 48.5 Å². The van der Waals surface area contributed by atoms with Crippen LogP contribution in [-0.2, 0) is 19.1 Å². The normalized spacial score (nSPS) is 17.2. The Labute approximate surface area is 213 Å². The summed E-state index contributed by atoms with van der Waals surface area (Å²) < 4.78 is 15.0. The van der Waals surface area contributed by atoms with Crippen LogP contribution in [0.25, 0.3) is 0 Å². The number of hydrogen-bond donors (Lipinski definition) is 4. The second kappa shape index (κ2) is 12.9. The van der Waals surface area contributed by atoms with E-state index in [1.165, 1.54) is 6.07 Å². The molecule has 2 aromatic carbocycles. The molecule has 196 valence electrons. The summed E-state index contributed by atoms with van der Waals surface area (Å²) in [6.07, 6.45) is 0.610. The number of alkyl carbamates (subject to hydrolysis) is 1. The summed E-state index contributed by atoms with van der Waals surface area (Å²) in [6.45, 7) is 0. The number of carboxylic acids is 1. The number of methoxy groups -OCH3 is 2. The zero-order valence-corrected chi connectivity index (χ0v) is 20.4. The van der Waals surface area contributed by atoms with Gasteiger partial charge in [-0.15, -0.1) is 4.99 Å². The highest BCUT2D eigenvalue weighted by Crippen LogP contribution is 2.35. The van der Waals surface area contributed by atoms with E-state index < -0.39 is 35.9 Å². The van der Waals surface area contributed by atoms with Gasteiger partial charge in [0.05, 0.1) is 31.7 Å². The van der Waals surface area contributed by atoms with Gasteiger partial charge in [-0.1, -0.05) is 31.0 Å². The third-order valence-corrected chi connectivity index (χ3v) is 5.68. The van der Waals surface area contributed by atoms with Crippen molar-refractivity contribution < 1.29 is 38.5 Å². The fourth-order valence-corrected chi connectivity index (χ4v) is 3.88. The number of guanidine groups is 1. The van der Waals surface area contributed by atoms with Crippen LogP contribution in [0.1, 0.15) is 25.7 Å². The summed E-state index contributed by atoms with van der Waals surface area (Å²) >= 11 is 0. The van der Waals surface area contributed by atoms with Crippen molar-refractivity contribution in [1.29, 1.82) is 0 Å². The van der Waals surface area contributed by atoms with Gasteiger partial charge in [0.25, 0.3) is 0 Å². The predicted octanol–water partition coefficient (Wildman–Crippen LogP) is 4.20. The summed E-state index contributed by atoms with van der Waals surface area (Å²) in [5.74, 6) is -2.39. The van der Waals surface area contributed by atoms with Gasteiger partial charge in [-0.05, 0) is 37.1 Å². The minimum absolute atomic E-state index is 0.225. The number of ether oxygens (including phenoxy) is 3. The quantitative estimate of drug-likeness (QED) is 0.328. The van der Waals surface area contributed by atoms with Gasteiger partial charge in [-0.2, -0.15) is 0 Å². The van der Waals surface area contributed by atoms with E-state index in [2.05, 4.69) is 30.4 Å². The third-order valence-electron chi connectivity index (χ3n) is 5.68. The highest BCUT2D eigenvalue weighted by Gasteiger charge is 2.36. The Hall–Kier alpha value is -4.61. The van der Waals surface area contributed by atoms with Crippen LogP contribution in [0.4, 0.5) is 21.0 Å². The van der Waals surface area contributed by atoms with E-state index >= 15 is 0 Å². The van der Waals surface area contributed by atoms with Crippen molar-refractivity contribution in [1.82, 2.24) is 5.32 Å². The lowest BCUT2D eigenvalue weighted by Crippen LogP contribution is -2.36. The molecule has 0 aromatic heterocycles. The first-order chi connectivity index (χ1) is 17.8. The van der Waals surface area contributed by atoms with Gasteiger partial charge in [0.2, 0.25) is 11.9 Å². The van der Waals surface area contributed by atoms with Gasteiger partial charge in [-0.25, -0.2) is 9.59 Å². The molecule has 0 aliphatic heterocycles. The molecular formula is C25H28N4O8. The number of carboxylic acid groups (broad SMARTS) is 1. The van der Waals surface area contributed by atoms with E-state index in [-0.39, 0.29) is 11.7 Å². The molecular weight excluding hydrogens is 484 g/mol. The van der Waals surface area contributed by atoms with Crippen molar-refractivity contribution in [3.8, 4) is 11.5 Å². The maximum atomic E-state index is 13.1. The van der Waals surface area contributed by atoms with Crippen molar-refractivity contribution in [2.45, 2.75) is 25.7 Å². The maximum absolute atomic E-state index is 13.1. The van der Waals surface area contributed by atoms with Crippen LogP contribution in [0, 0.1) is 11.8 Å². The number of nitrogens with one attached hydrogen (secondary N) is 3. The predicted molar refractivity (Wildman–Crippen MR) is 134 cm³/mol. The Morgan fingerprint density at radius 1 is 0.919 bits per heavy atom. The number of hydrogen-bond acceptors (Lipinski definition) is 7.